The number of carbonyl (C=O) groups is 1. The van der Waals surface area contributed by atoms with Gasteiger partial charge < -0.3 is 21.2 Å². The second kappa shape index (κ2) is 6.90. The number of anilines is 1. The molecule has 21 heavy (non-hydrogen) atoms. The van der Waals surface area contributed by atoms with Crippen LogP contribution in [0.15, 0.2) is 34.9 Å². The van der Waals surface area contributed by atoms with Gasteiger partial charge in [0.2, 0.25) is 5.89 Å². The van der Waals surface area contributed by atoms with E-state index < -0.39 is 0 Å². The van der Waals surface area contributed by atoms with E-state index in [0.717, 1.165) is 17.7 Å². The van der Waals surface area contributed by atoms with Crippen molar-refractivity contribution in [3.05, 3.63) is 47.7 Å². The molecule has 2 rings (SSSR count). The first-order chi connectivity index (χ1) is 10.1. The maximum absolute atomic E-state index is 11.9. The molecular formula is C15H20N4O2. The number of rotatable bonds is 6. The fourth-order valence-corrected chi connectivity index (χ4v) is 1.83. The molecule has 0 saturated heterocycles. The molecule has 1 aromatic heterocycles. The van der Waals surface area contributed by atoms with E-state index >= 15 is 0 Å². The van der Waals surface area contributed by atoms with Crippen LogP contribution in [0.5, 0.6) is 0 Å². The summed E-state index contributed by atoms with van der Waals surface area (Å²) in [5.74, 6) is 0.130. The van der Waals surface area contributed by atoms with Crippen LogP contribution >= 0.6 is 0 Å². The molecule has 0 radical (unpaired) electrons. The molecule has 1 amide bonds. The predicted molar refractivity (Wildman–Crippen MR) is 80.6 cm³/mol. The number of amides is 1. The zero-order valence-electron chi connectivity index (χ0n) is 12.0. The van der Waals surface area contributed by atoms with Crippen LogP contribution in [0.2, 0.25) is 0 Å². The molecule has 6 heteroatoms. The highest BCUT2D eigenvalue weighted by atomic mass is 16.3. The lowest BCUT2D eigenvalue weighted by molar-refractivity contribution is 0.0949. The van der Waals surface area contributed by atoms with Gasteiger partial charge in [0, 0.05) is 12.2 Å². The minimum atomic E-state index is -0.277. The Kier molecular flexibility index (Phi) is 4.94. The van der Waals surface area contributed by atoms with Gasteiger partial charge in [0.15, 0.2) is 5.69 Å². The van der Waals surface area contributed by atoms with Crippen molar-refractivity contribution in [2.45, 2.75) is 25.8 Å². The average Bonchev–Trinajstić information content (AvgIpc) is 2.98. The number of hydrogen-bond donors (Lipinski definition) is 3. The first kappa shape index (κ1) is 15.1. The maximum Gasteiger partial charge on any atom is 0.273 e. The van der Waals surface area contributed by atoms with E-state index in [1.807, 2.05) is 31.2 Å². The molecule has 0 aliphatic heterocycles. The number of aromatic nitrogens is 1. The molecule has 1 atom stereocenters. The van der Waals surface area contributed by atoms with Gasteiger partial charge >= 0.3 is 0 Å². The second-order valence-electron chi connectivity index (χ2n) is 4.83. The molecule has 0 aliphatic rings. The van der Waals surface area contributed by atoms with Crippen molar-refractivity contribution < 1.29 is 9.21 Å². The Morgan fingerprint density at radius 1 is 1.38 bits per heavy atom. The van der Waals surface area contributed by atoms with Gasteiger partial charge in [0.05, 0.1) is 6.04 Å². The minimum absolute atomic E-state index is 0.256. The van der Waals surface area contributed by atoms with Crippen molar-refractivity contribution >= 4 is 11.6 Å². The van der Waals surface area contributed by atoms with Gasteiger partial charge in [-0.3, -0.25) is 4.79 Å². The normalized spacial score (nSPS) is 12.1. The molecule has 0 aliphatic carbocycles. The smallest absolute Gasteiger partial charge is 0.273 e. The fraction of sp³-hybridized carbons (Fsp3) is 0.333. The van der Waals surface area contributed by atoms with E-state index in [-0.39, 0.29) is 17.6 Å². The molecule has 0 fully saturated rings. The molecule has 1 unspecified atom stereocenters. The molecule has 1 heterocycles. The summed E-state index contributed by atoms with van der Waals surface area (Å²) < 4.78 is 5.21. The lowest BCUT2D eigenvalue weighted by Crippen LogP contribution is -2.26. The molecule has 1 aromatic carbocycles. The van der Waals surface area contributed by atoms with E-state index in [1.165, 1.54) is 6.26 Å². The molecule has 5 N–H and O–H groups in total. The fourth-order valence-electron chi connectivity index (χ4n) is 1.83. The third-order valence-electron chi connectivity index (χ3n) is 3.19. The first-order valence-corrected chi connectivity index (χ1v) is 6.93. The van der Waals surface area contributed by atoms with Crippen LogP contribution in [-0.4, -0.2) is 17.4 Å². The number of nitrogens with two attached hydrogens (primary N) is 2. The summed E-state index contributed by atoms with van der Waals surface area (Å²) in [5.41, 5.74) is 13.5. The number of carbonyl (C=O) groups excluding carboxylic acids is 1. The van der Waals surface area contributed by atoms with E-state index in [2.05, 4.69) is 10.3 Å². The molecule has 0 spiro atoms. The van der Waals surface area contributed by atoms with Crippen LogP contribution in [0.4, 0.5) is 5.69 Å². The van der Waals surface area contributed by atoms with Gasteiger partial charge in [-0.05, 0) is 30.5 Å². The van der Waals surface area contributed by atoms with Crippen molar-refractivity contribution in [3.8, 4) is 0 Å². The molecule has 2 aromatic rings. The first-order valence-electron chi connectivity index (χ1n) is 6.93. The van der Waals surface area contributed by atoms with Crippen LogP contribution in [0.3, 0.4) is 0 Å². The number of benzene rings is 1. The number of nitrogen functional groups attached to an aromatic ring is 1. The SMILES string of the molecule is CCC(N)c1nc(C(=O)NCCc2ccc(N)cc2)co1. The Balaban J connectivity index is 1.84. The van der Waals surface area contributed by atoms with Crippen molar-refractivity contribution in [1.82, 2.24) is 10.3 Å². The second-order valence-corrected chi connectivity index (χ2v) is 4.83. The van der Waals surface area contributed by atoms with Crippen molar-refractivity contribution in [3.63, 3.8) is 0 Å². The minimum Gasteiger partial charge on any atom is -0.446 e. The lowest BCUT2D eigenvalue weighted by Gasteiger charge is -2.04. The number of nitrogens with zero attached hydrogens (tertiary/aromatic N) is 1. The molecule has 0 saturated carbocycles. The topological polar surface area (TPSA) is 107 Å². The summed E-state index contributed by atoms with van der Waals surface area (Å²) in [6.45, 7) is 2.45. The van der Waals surface area contributed by atoms with Crippen LogP contribution in [0, 0.1) is 0 Å². The summed E-state index contributed by atoms with van der Waals surface area (Å²) in [4.78, 5) is 16.0. The van der Waals surface area contributed by atoms with Crippen LogP contribution < -0.4 is 16.8 Å². The Hall–Kier alpha value is -2.34. The molecule has 0 bridgehead atoms. The summed E-state index contributed by atoms with van der Waals surface area (Å²) in [7, 11) is 0. The molecule has 112 valence electrons. The quantitative estimate of drug-likeness (QED) is 0.700. The van der Waals surface area contributed by atoms with E-state index in [9.17, 15) is 4.79 Å². The Morgan fingerprint density at radius 3 is 2.76 bits per heavy atom. The monoisotopic (exact) mass is 288 g/mol. The van der Waals surface area contributed by atoms with Crippen molar-refractivity contribution in [1.29, 1.82) is 0 Å². The average molecular weight is 288 g/mol. The molecular weight excluding hydrogens is 268 g/mol. The standard InChI is InChI=1S/C15H20N4O2/c1-2-12(17)15-19-13(9-21-15)14(20)18-8-7-10-3-5-11(16)6-4-10/h3-6,9,12H,2,7-8,16-17H2,1H3,(H,18,20). The summed E-state index contributed by atoms with van der Waals surface area (Å²) in [6.07, 6.45) is 2.77. The highest BCUT2D eigenvalue weighted by molar-refractivity contribution is 5.91. The predicted octanol–water partition coefficient (Wildman–Crippen LogP) is 1.64. The van der Waals surface area contributed by atoms with Gasteiger partial charge in [-0.2, -0.15) is 0 Å². The highest BCUT2D eigenvalue weighted by Gasteiger charge is 2.15. The van der Waals surface area contributed by atoms with E-state index in [0.29, 0.717) is 18.9 Å². The Labute approximate surface area is 123 Å². The number of nitrogens with one attached hydrogen (secondary N) is 1. The lowest BCUT2D eigenvalue weighted by atomic mass is 10.1. The van der Waals surface area contributed by atoms with Gasteiger partial charge in [0.25, 0.3) is 5.91 Å². The third kappa shape index (κ3) is 4.06. The van der Waals surface area contributed by atoms with Crippen LogP contribution in [0.25, 0.3) is 0 Å². The van der Waals surface area contributed by atoms with Crippen LogP contribution in [0.1, 0.15) is 41.3 Å². The summed E-state index contributed by atoms with van der Waals surface area (Å²) in [5, 5.41) is 2.80. The Morgan fingerprint density at radius 2 is 2.10 bits per heavy atom. The van der Waals surface area contributed by atoms with Gasteiger partial charge in [-0.25, -0.2) is 4.98 Å². The zero-order valence-corrected chi connectivity index (χ0v) is 12.0. The number of hydrogen-bond acceptors (Lipinski definition) is 5. The van der Waals surface area contributed by atoms with Gasteiger partial charge in [-0.15, -0.1) is 0 Å². The van der Waals surface area contributed by atoms with E-state index in [4.69, 9.17) is 15.9 Å². The van der Waals surface area contributed by atoms with Crippen LogP contribution in [-0.2, 0) is 6.42 Å². The van der Waals surface area contributed by atoms with Crippen molar-refractivity contribution in [2.75, 3.05) is 12.3 Å². The molecule has 6 nitrogen and oxygen atoms in total. The number of oxazole rings is 1. The van der Waals surface area contributed by atoms with Gasteiger partial charge in [0.1, 0.15) is 6.26 Å². The summed E-state index contributed by atoms with van der Waals surface area (Å²) in [6, 6.07) is 7.29. The maximum atomic E-state index is 11.9. The Bertz CT molecular complexity index is 592. The van der Waals surface area contributed by atoms with E-state index in [1.54, 1.807) is 0 Å². The zero-order chi connectivity index (χ0) is 15.2. The third-order valence-corrected chi connectivity index (χ3v) is 3.19. The summed E-state index contributed by atoms with van der Waals surface area (Å²) >= 11 is 0. The highest BCUT2D eigenvalue weighted by Crippen LogP contribution is 2.12. The largest absolute Gasteiger partial charge is 0.446 e. The van der Waals surface area contributed by atoms with Gasteiger partial charge in [-0.1, -0.05) is 19.1 Å². The van der Waals surface area contributed by atoms with Crippen molar-refractivity contribution in [2.24, 2.45) is 5.73 Å².